The van der Waals surface area contributed by atoms with Gasteiger partial charge in [0.05, 0.1) is 6.61 Å². The molecule has 0 aromatic heterocycles. The molecule has 0 heterocycles. The number of carboxylic acid groups (broad SMARTS) is 1. The van der Waals surface area contributed by atoms with E-state index < -0.39 is 36.6 Å². The third kappa shape index (κ3) is 6.96. The Labute approximate surface area is 125 Å². The summed E-state index contributed by atoms with van der Waals surface area (Å²) in [5.41, 5.74) is 0. The zero-order valence-electron chi connectivity index (χ0n) is 11.6. The number of carboxylic acids is 1. The highest BCUT2D eigenvalue weighted by atomic mass is 19.3. The van der Waals surface area contributed by atoms with Crippen molar-refractivity contribution >= 4 is 11.9 Å². The molecule has 5 nitrogen and oxygen atoms in total. The maximum absolute atomic E-state index is 12.6. The van der Waals surface area contributed by atoms with Crippen molar-refractivity contribution in [2.45, 2.75) is 31.7 Å². The Morgan fingerprint density at radius 1 is 1.23 bits per heavy atom. The molecule has 8 heteroatoms. The van der Waals surface area contributed by atoms with Gasteiger partial charge >= 0.3 is 5.97 Å². The fraction of sp³-hybridized carbons (Fsp3) is 0.429. The molecule has 0 saturated heterocycles. The Bertz CT molecular complexity index is 493. The van der Waals surface area contributed by atoms with Crippen molar-refractivity contribution in [2.75, 3.05) is 6.61 Å². The molecule has 1 aromatic carbocycles. The van der Waals surface area contributed by atoms with E-state index in [4.69, 9.17) is 9.84 Å². The van der Waals surface area contributed by atoms with Gasteiger partial charge in [-0.1, -0.05) is 0 Å². The second-order valence-electron chi connectivity index (χ2n) is 4.49. The predicted molar refractivity (Wildman–Crippen MR) is 71.3 cm³/mol. The highest BCUT2D eigenvalue weighted by Gasteiger charge is 2.23. The molecular weight excluding hydrogens is 303 g/mol. The standard InChI is InChI=1S/C14H16F3NO4/c15-9-3-5-10(6-4-9)22-7-1-2-13(19)18-11(14(20)21)8-12(16)17/h3-6,11-12H,1-2,7-8H2,(H,18,19)(H,20,21). The summed E-state index contributed by atoms with van der Waals surface area (Å²) in [5.74, 6) is -2.11. The van der Waals surface area contributed by atoms with Crippen molar-refractivity contribution in [3.63, 3.8) is 0 Å². The van der Waals surface area contributed by atoms with Crippen molar-refractivity contribution in [2.24, 2.45) is 0 Å². The van der Waals surface area contributed by atoms with Crippen LogP contribution >= 0.6 is 0 Å². The number of halogens is 3. The van der Waals surface area contributed by atoms with Gasteiger partial charge in [-0.25, -0.2) is 18.0 Å². The Morgan fingerprint density at radius 3 is 2.41 bits per heavy atom. The molecule has 0 aliphatic heterocycles. The molecule has 1 rings (SSSR count). The Hall–Kier alpha value is -2.25. The molecule has 1 unspecified atom stereocenters. The van der Waals surface area contributed by atoms with Crippen molar-refractivity contribution in [3.05, 3.63) is 30.1 Å². The number of benzene rings is 1. The highest BCUT2D eigenvalue weighted by Crippen LogP contribution is 2.11. The van der Waals surface area contributed by atoms with Crippen molar-refractivity contribution < 1.29 is 32.6 Å². The van der Waals surface area contributed by atoms with E-state index in [9.17, 15) is 22.8 Å². The maximum atomic E-state index is 12.6. The first-order chi connectivity index (χ1) is 10.4. The summed E-state index contributed by atoms with van der Waals surface area (Å²) < 4.78 is 42.2. The molecule has 2 N–H and O–H groups in total. The lowest BCUT2D eigenvalue weighted by Gasteiger charge is -2.14. The van der Waals surface area contributed by atoms with Gasteiger partial charge in [0.2, 0.25) is 12.3 Å². The second-order valence-corrected chi connectivity index (χ2v) is 4.49. The average Bonchev–Trinajstić information content (AvgIpc) is 2.44. The number of ether oxygens (including phenoxy) is 1. The van der Waals surface area contributed by atoms with Crippen LogP contribution in [-0.4, -0.2) is 36.1 Å². The fourth-order valence-corrected chi connectivity index (χ4v) is 1.62. The summed E-state index contributed by atoms with van der Waals surface area (Å²) in [4.78, 5) is 22.2. The third-order valence-electron chi connectivity index (χ3n) is 2.68. The molecular formula is C14H16F3NO4. The fourth-order valence-electron chi connectivity index (χ4n) is 1.62. The number of alkyl halides is 2. The van der Waals surface area contributed by atoms with E-state index in [1.165, 1.54) is 24.3 Å². The van der Waals surface area contributed by atoms with E-state index in [2.05, 4.69) is 0 Å². The zero-order valence-corrected chi connectivity index (χ0v) is 11.6. The van der Waals surface area contributed by atoms with Gasteiger partial charge in [-0.3, -0.25) is 4.79 Å². The number of amides is 1. The lowest BCUT2D eigenvalue weighted by molar-refractivity contribution is -0.143. The molecule has 0 saturated carbocycles. The van der Waals surface area contributed by atoms with Crippen LogP contribution in [0.2, 0.25) is 0 Å². The van der Waals surface area contributed by atoms with Crippen LogP contribution in [0.3, 0.4) is 0 Å². The van der Waals surface area contributed by atoms with Crippen molar-refractivity contribution in [3.8, 4) is 5.75 Å². The maximum Gasteiger partial charge on any atom is 0.326 e. The van der Waals surface area contributed by atoms with E-state index in [0.29, 0.717) is 5.75 Å². The summed E-state index contributed by atoms with van der Waals surface area (Å²) in [5, 5.41) is 10.7. The van der Waals surface area contributed by atoms with Gasteiger partial charge in [-0.15, -0.1) is 0 Å². The van der Waals surface area contributed by atoms with Crippen LogP contribution in [0.4, 0.5) is 13.2 Å². The topological polar surface area (TPSA) is 75.6 Å². The number of aliphatic carboxylic acids is 1. The summed E-state index contributed by atoms with van der Waals surface area (Å²) in [6.45, 7) is 0.158. The lowest BCUT2D eigenvalue weighted by atomic mass is 10.2. The lowest BCUT2D eigenvalue weighted by Crippen LogP contribution is -2.42. The Kier molecular flexibility index (Phi) is 7.21. The molecule has 0 radical (unpaired) electrons. The van der Waals surface area contributed by atoms with Crippen LogP contribution in [0, 0.1) is 5.82 Å². The van der Waals surface area contributed by atoms with Crippen molar-refractivity contribution in [1.29, 1.82) is 0 Å². The van der Waals surface area contributed by atoms with E-state index in [1.54, 1.807) is 0 Å². The van der Waals surface area contributed by atoms with Crippen LogP contribution in [0.15, 0.2) is 24.3 Å². The summed E-state index contributed by atoms with van der Waals surface area (Å²) in [6.07, 6.45) is -3.55. The SMILES string of the molecule is O=C(CCCOc1ccc(F)cc1)NC(CC(F)F)C(=O)O. The minimum Gasteiger partial charge on any atom is -0.494 e. The smallest absolute Gasteiger partial charge is 0.326 e. The van der Waals surface area contributed by atoms with Gasteiger partial charge in [0, 0.05) is 12.8 Å². The minimum absolute atomic E-state index is 0.0613. The molecule has 0 fully saturated rings. The first kappa shape index (κ1) is 17.8. The number of carbonyl (C=O) groups excluding carboxylic acids is 1. The normalized spacial score (nSPS) is 12.0. The molecule has 0 aliphatic carbocycles. The van der Waals surface area contributed by atoms with Crippen LogP contribution in [0.25, 0.3) is 0 Å². The molecule has 122 valence electrons. The first-order valence-corrected chi connectivity index (χ1v) is 6.57. The van der Waals surface area contributed by atoms with Gasteiger partial charge < -0.3 is 15.2 Å². The quantitative estimate of drug-likeness (QED) is 0.684. The number of hydrogen-bond acceptors (Lipinski definition) is 3. The van der Waals surface area contributed by atoms with E-state index in [1.807, 2.05) is 5.32 Å². The molecule has 1 amide bonds. The number of nitrogens with one attached hydrogen (secondary N) is 1. The molecule has 1 aromatic rings. The highest BCUT2D eigenvalue weighted by molar-refractivity contribution is 5.83. The molecule has 0 spiro atoms. The molecule has 1 atom stereocenters. The van der Waals surface area contributed by atoms with Gasteiger partial charge in [0.25, 0.3) is 0 Å². The first-order valence-electron chi connectivity index (χ1n) is 6.57. The predicted octanol–water partition coefficient (Wildman–Crippen LogP) is 2.21. The third-order valence-corrected chi connectivity index (χ3v) is 2.68. The second kappa shape index (κ2) is 8.91. The average molecular weight is 319 g/mol. The summed E-state index contributed by atoms with van der Waals surface area (Å²) in [6, 6.07) is 3.70. The van der Waals surface area contributed by atoms with Gasteiger partial charge in [0.1, 0.15) is 17.6 Å². The largest absolute Gasteiger partial charge is 0.494 e. The summed E-state index contributed by atoms with van der Waals surface area (Å²) in [7, 11) is 0. The molecule has 22 heavy (non-hydrogen) atoms. The minimum atomic E-state index is -2.82. The van der Waals surface area contributed by atoms with Gasteiger partial charge in [0.15, 0.2) is 0 Å². The van der Waals surface area contributed by atoms with E-state index in [0.717, 1.165) is 0 Å². The van der Waals surface area contributed by atoms with Gasteiger partial charge in [-0.2, -0.15) is 0 Å². The molecule has 0 bridgehead atoms. The van der Waals surface area contributed by atoms with Crippen LogP contribution in [0.1, 0.15) is 19.3 Å². The number of rotatable bonds is 9. The molecule has 0 aliphatic rings. The summed E-state index contributed by atoms with van der Waals surface area (Å²) >= 11 is 0. The number of hydrogen-bond donors (Lipinski definition) is 2. The van der Waals surface area contributed by atoms with E-state index in [-0.39, 0.29) is 19.4 Å². The Morgan fingerprint density at radius 2 is 1.86 bits per heavy atom. The number of carbonyl (C=O) groups is 2. The zero-order chi connectivity index (χ0) is 16.5. The van der Waals surface area contributed by atoms with Crippen LogP contribution < -0.4 is 10.1 Å². The van der Waals surface area contributed by atoms with Gasteiger partial charge in [-0.05, 0) is 30.7 Å². The Balaban J connectivity index is 2.27. The monoisotopic (exact) mass is 319 g/mol. The van der Waals surface area contributed by atoms with Crippen LogP contribution in [0.5, 0.6) is 5.75 Å². The van der Waals surface area contributed by atoms with Crippen molar-refractivity contribution in [1.82, 2.24) is 5.32 Å². The van der Waals surface area contributed by atoms with Crippen LogP contribution in [-0.2, 0) is 9.59 Å². The van der Waals surface area contributed by atoms with E-state index >= 15 is 0 Å².